The van der Waals surface area contributed by atoms with Gasteiger partial charge in [-0.1, -0.05) is 0 Å². The highest BCUT2D eigenvalue weighted by Crippen LogP contribution is 2.11. The van der Waals surface area contributed by atoms with E-state index in [1.165, 1.54) is 7.11 Å². The van der Waals surface area contributed by atoms with Gasteiger partial charge in [0.25, 0.3) is 0 Å². The molecule has 0 aromatic carbocycles. The Morgan fingerprint density at radius 3 is 3.25 bits per heavy atom. The number of esters is 1. The van der Waals surface area contributed by atoms with Gasteiger partial charge in [0.2, 0.25) is 0 Å². The summed E-state index contributed by atoms with van der Waals surface area (Å²) in [4.78, 5) is 13.5. The maximum Gasteiger partial charge on any atom is 0.336 e. The molecule has 16 heavy (non-hydrogen) atoms. The van der Waals surface area contributed by atoms with Gasteiger partial charge in [0.1, 0.15) is 0 Å². The number of morpholine rings is 1. The monoisotopic (exact) mass is 225 g/mol. The topological polar surface area (TPSA) is 51.9 Å². The van der Waals surface area contributed by atoms with Gasteiger partial charge in [-0.2, -0.15) is 0 Å². The summed E-state index contributed by atoms with van der Waals surface area (Å²) in [5, 5.41) is 0. The second kappa shape index (κ2) is 5.14. The Bertz CT molecular complexity index is 336. The Morgan fingerprint density at radius 1 is 1.69 bits per heavy atom. The standard InChI is InChI=1S/C11H15NO4/c1-14-11(13)10-7-12(3-5-16-10)6-9-2-4-15-8-9/h2,4,8,10H,3,5-7H2,1H3. The summed E-state index contributed by atoms with van der Waals surface area (Å²) in [6, 6.07) is 1.92. The van der Waals surface area contributed by atoms with Crippen molar-refractivity contribution in [3.8, 4) is 0 Å². The fourth-order valence-corrected chi connectivity index (χ4v) is 1.76. The molecular formula is C11H15NO4. The summed E-state index contributed by atoms with van der Waals surface area (Å²) in [5.74, 6) is -0.308. The van der Waals surface area contributed by atoms with Crippen molar-refractivity contribution in [2.75, 3.05) is 26.8 Å². The zero-order valence-electron chi connectivity index (χ0n) is 9.22. The van der Waals surface area contributed by atoms with Crippen molar-refractivity contribution in [1.29, 1.82) is 0 Å². The number of nitrogens with zero attached hydrogens (tertiary/aromatic N) is 1. The minimum Gasteiger partial charge on any atom is -0.472 e. The van der Waals surface area contributed by atoms with Crippen LogP contribution < -0.4 is 0 Å². The molecule has 0 radical (unpaired) electrons. The Balaban J connectivity index is 1.89. The lowest BCUT2D eigenvalue weighted by Crippen LogP contribution is -2.45. The van der Waals surface area contributed by atoms with Crippen LogP contribution in [0.2, 0.25) is 0 Å². The van der Waals surface area contributed by atoms with Gasteiger partial charge < -0.3 is 13.9 Å². The van der Waals surface area contributed by atoms with Gasteiger partial charge in [-0.3, -0.25) is 4.90 Å². The molecule has 1 fully saturated rings. The van der Waals surface area contributed by atoms with Crippen LogP contribution in [0.3, 0.4) is 0 Å². The number of rotatable bonds is 3. The van der Waals surface area contributed by atoms with Crippen molar-refractivity contribution in [3.63, 3.8) is 0 Å². The molecule has 1 aliphatic heterocycles. The Kier molecular flexibility index (Phi) is 3.58. The third kappa shape index (κ3) is 2.62. The van der Waals surface area contributed by atoms with Crippen molar-refractivity contribution in [2.45, 2.75) is 12.6 Å². The van der Waals surface area contributed by atoms with E-state index in [2.05, 4.69) is 9.64 Å². The van der Waals surface area contributed by atoms with Gasteiger partial charge in [-0.05, 0) is 6.07 Å². The summed E-state index contributed by atoms with van der Waals surface area (Å²) in [6.45, 7) is 2.71. The Morgan fingerprint density at radius 2 is 2.56 bits per heavy atom. The molecule has 1 aromatic rings. The highest BCUT2D eigenvalue weighted by molar-refractivity contribution is 5.74. The van der Waals surface area contributed by atoms with E-state index in [-0.39, 0.29) is 5.97 Å². The number of furan rings is 1. The first-order valence-electron chi connectivity index (χ1n) is 5.22. The molecule has 0 N–H and O–H groups in total. The van der Waals surface area contributed by atoms with E-state index in [0.717, 1.165) is 18.7 Å². The molecule has 88 valence electrons. The van der Waals surface area contributed by atoms with Crippen molar-refractivity contribution in [2.24, 2.45) is 0 Å². The van der Waals surface area contributed by atoms with Crippen LogP contribution in [0.5, 0.6) is 0 Å². The van der Waals surface area contributed by atoms with Crippen LogP contribution in [-0.2, 0) is 20.8 Å². The van der Waals surface area contributed by atoms with Crippen LogP contribution in [0.1, 0.15) is 5.56 Å². The molecule has 5 heteroatoms. The number of carbonyl (C=O) groups is 1. The van der Waals surface area contributed by atoms with E-state index >= 15 is 0 Å². The lowest BCUT2D eigenvalue weighted by Gasteiger charge is -2.30. The molecule has 1 aliphatic rings. The fourth-order valence-electron chi connectivity index (χ4n) is 1.76. The molecule has 0 bridgehead atoms. The second-order valence-electron chi connectivity index (χ2n) is 3.75. The minimum atomic E-state index is -0.467. The molecular weight excluding hydrogens is 210 g/mol. The normalized spacial score (nSPS) is 21.9. The van der Waals surface area contributed by atoms with Gasteiger partial charge in [0.15, 0.2) is 6.10 Å². The summed E-state index contributed by atoms with van der Waals surface area (Å²) in [6.07, 6.45) is 2.89. The maximum atomic E-state index is 11.3. The van der Waals surface area contributed by atoms with E-state index in [1.54, 1.807) is 12.5 Å². The zero-order chi connectivity index (χ0) is 11.4. The third-order valence-corrected chi connectivity index (χ3v) is 2.60. The minimum absolute atomic E-state index is 0.308. The highest BCUT2D eigenvalue weighted by Gasteiger charge is 2.27. The average molecular weight is 225 g/mol. The van der Waals surface area contributed by atoms with E-state index in [1.807, 2.05) is 6.07 Å². The van der Waals surface area contributed by atoms with Crippen LogP contribution in [0.4, 0.5) is 0 Å². The SMILES string of the molecule is COC(=O)C1CN(Cc2ccoc2)CCO1. The first-order chi connectivity index (χ1) is 7.79. The zero-order valence-corrected chi connectivity index (χ0v) is 9.22. The number of methoxy groups -OCH3 is 1. The van der Waals surface area contributed by atoms with Crippen molar-refractivity contribution >= 4 is 5.97 Å². The van der Waals surface area contributed by atoms with E-state index in [4.69, 9.17) is 9.15 Å². The molecule has 1 aromatic heterocycles. The Hall–Kier alpha value is -1.33. The first-order valence-corrected chi connectivity index (χ1v) is 5.22. The molecule has 5 nitrogen and oxygen atoms in total. The predicted octanol–water partition coefficient (Wildman–Crippen LogP) is 0.653. The molecule has 0 amide bonds. The van der Waals surface area contributed by atoms with Gasteiger partial charge in [-0.15, -0.1) is 0 Å². The molecule has 2 rings (SSSR count). The number of hydrogen-bond acceptors (Lipinski definition) is 5. The van der Waals surface area contributed by atoms with Gasteiger partial charge in [0.05, 0.1) is 26.2 Å². The molecule has 1 atom stereocenters. The van der Waals surface area contributed by atoms with Crippen LogP contribution in [0.25, 0.3) is 0 Å². The third-order valence-electron chi connectivity index (χ3n) is 2.60. The van der Waals surface area contributed by atoms with E-state index < -0.39 is 6.10 Å². The molecule has 1 saturated heterocycles. The lowest BCUT2D eigenvalue weighted by atomic mass is 10.2. The second-order valence-corrected chi connectivity index (χ2v) is 3.75. The van der Waals surface area contributed by atoms with Gasteiger partial charge >= 0.3 is 5.97 Å². The smallest absolute Gasteiger partial charge is 0.336 e. The van der Waals surface area contributed by atoms with Crippen molar-refractivity contribution < 1.29 is 18.7 Å². The summed E-state index contributed by atoms with van der Waals surface area (Å²) >= 11 is 0. The largest absolute Gasteiger partial charge is 0.472 e. The average Bonchev–Trinajstić information content (AvgIpc) is 2.81. The lowest BCUT2D eigenvalue weighted by molar-refractivity contribution is -0.160. The van der Waals surface area contributed by atoms with Crippen LogP contribution >= 0.6 is 0 Å². The van der Waals surface area contributed by atoms with Gasteiger partial charge in [-0.25, -0.2) is 4.79 Å². The maximum absolute atomic E-state index is 11.3. The van der Waals surface area contributed by atoms with Crippen molar-refractivity contribution in [3.05, 3.63) is 24.2 Å². The summed E-state index contributed by atoms with van der Waals surface area (Å²) < 4.78 is 15.0. The fraction of sp³-hybridized carbons (Fsp3) is 0.545. The molecule has 0 aliphatic carbocycles. The Labute approximate surface area is 93.9 Å². The van der Waals surface area contributed by atoms with E-state index in [9.17, 15) is 4.79 Å². The summed E-state index contributed by atoms with van der Waals surface area (Å²) in [7, 11) is 1.38. The van der Waals surface area contributed by atoms with Crippen LogP contribution in [0, 0.1) is 0 Å². The summed E-state index contributed by atoms with van der Waals surface area (Å²) in [5.41, 5.74) is 1.10. The molecule has 2 heterocycles. The molecule has 1 unspecified atom stereocenters. The van der Waals surface area contributed by atoms with Crippen molar-refractivity contribution in [1.82, 2.24) is 4.90 Å². The molecule has 0 spiro atoms. The van der Waals surface area contributed by atoms with Crippen LogP contribution in [-0.4, -0.2) is 43.8 Å². The highest BCUT2D eigenvalue weighted by atomic mass is 16.6. The quantitative estimate of drug-likeness (QED) is 0.707. The van der Waals surface area contributed by atoms with Crippen LogP contribution in [0.15, 0.2) is 23.0 Å². The molecule has 0 saturated carbocycles. The number of hydrogen-bond donors (Lipinski definition) is 0. The number of carbonyl (C=O) groups excluding carboxylic acids is 1. The first kappa shape index (κ1) is 11.2. The predicted molar refractivity (Wildman–Crippen MR) is 55.7 cm³/mol. The number of ether oxygens (including phenoxy) is 2. The van der Waals surface area contributed by atoms with E-state index in [0.29, 0.717) is 13.2 Å². The van der Waals surface area contributed by atoms with Gasteiger partial charge in [0, 0.05) is 25.2 Å².